The van der Waals surface area contributed by atoms with Crippen molar-refractivity contribution >= 4 is 23.4 Å². The number of carbonyl (C=O) groups excluding carboxylic acids is 1. The van der Waals surface area contributed by atoms with Crippen LogP contribution in [0.25, 0.3) is 6.08 Å². The van der Waals surface area contributed by atoms with E-state index in [0.29, 0.717) is 17.9 Å². The Morgan fingerprint density at radius 3 is 2.50 bits per heavy atom. The second-order valence-corrected chi connectivity index (χ2v) is 6.03. The van der Waals surface area contributed by atoms with Gasteiger partial charge in [-0.3, -0.25) is 14.9 Å². The molecule has 0 saturated carbocycles. The Hall–Kier alpha value is -3.15. The van der Waals surface area contributed by atoms with Crippen molar-refractivity contribution in [1.82, 2.24) is 0 Å². The van der Waals surface area contributed by atoms with Crippen LogP contribution in [-0.2, 0) is 4.79 Å². The zero-order valence-corrected chi connectivity index (χ0v) is 15.1. The number of nitrogens with zero attached hydrogens (tertiary/aromatic N) is 1. The number of nitro benzene ring substituents is 1. The monoisotopic (exact) mass is 354 g/mol. The maximum atomic E-state index is 12.1. The zero-order valence-electron chi connectivity index (χ0n) is 15.1. The second kappa shape index (κ2) is 8.80. The van der Waals surface area contributed by atoms with Gasteiger partial charge in [0.1, 0.15) is 0 Å². The molecule has 1 N–H and O–H groups in total. The SMILES string of the molecule is CCCOc1ccc(/C=C/C(=O)Nc2cc(C)cc(C)c2)cc1[N+](=O)[O-]. The van der Waals surface area contributed by atoms with Gasteiger partial charge in [0.25, 0.3) is 0 Å². The van der Waals surface area contributed by atoms with Crippen molar-refractivity contribution in [2.45, 2.75) is 27.2 Å². The van der Waals surface area contributed by atoms with Gasteiger partial charge < -0.3 is 10.1 Å². The maximum Gasteiger partial charge on any atom is 0.311 e. The van der Waals surface area contributed by atoms with Gasteiger partial charge in [0.15, 0.2) is 5.75 Å². The molecule has 0 unspecified atom stereocenters. The Morgan fingerprint density at radius 1 is 1.19 bits per heavy atom. The maximum absolute atomic E-state index is 12.1. The predicted octanol–water partition coefficient (Wildman–Crippen LogP) is 4.65. The van der Waals surface area contributed by atoms with E-state index in [9.17, 15) is 14.9 Å². The van der Waals surface area contributed by atoms with E-state index >= 15 is 0 Å². The van der Waals surface area contributed by atoms with Gasteiger partial charge in [-0.25, -0.2) is 0 Å². The summed E-state index contributed by atoms with van der Waals surface area (Å²) in [5.74, 6) is -0.0716. The standard InChI is InChI=1S/C20H22N2O4/c1-4-9-26-19-7-5-16(13-18(19)22(24)25)6-8-20(23)21-17-11-14(2)10-15(3)12-17/h5-8,10-13H,4,9H2,1-3H3,(H,21,23)/b8-6+. The largest absolute Gasteiger partial charge is 0.487 e. The topological polar surface area (TPSA) is 81.5 Å². The number of hydrogen-bond donors (Lipinski definition) is 1. The highest BCUT2D eigenvalue weighted by Crippen LogP contribution is 2.28. The minimum atomic E-state index is -0.488. The first-order valence-corrected chi connectivity index (χ1v) is 8.37. The molecule has 0 fully saturated rings. The first-order chi connectivity index (χ1) is 12.4. The van der Waals surface area contributed by atoms with Crippen molar-refractivity contribution in [1.29, 1.82) is 0 Å². The molecule has 0 aromatic heterocycles. The number of ether oxygens (including phenoxy) is 1. The number of anilines is 1. The number of amides is 1. The molecule has 2 aromatic rings. The van der Waals surface area contributed by atoms with E-state index < -0.39 is 4.92 Å². The van der Waals surface area contributed by atoms with Crippen molar-refractivity contribution in [2.75, 3.05) is 11.9 Å². The van der Waals surface area contributed by atoms with Gasteiger partial charge >= 0.3 is 5.69 Å². The molecule has 136 valence electrons. The summed E-state index contributed by atoms with van der Waals surface area (Å²) in [5, 5.41) is 14.0. The molecule has 0 aliphatic heterocycles. The van der Waals surface area contributed by atoms with E-state index in [1.54, 1.807) is 12.1 Å². The van der Waals surface area contributed by atoms with Crippen molar-refractivity contribution in [3.63, 3.8) is 0 Å². The Labute approximate surface area is 152 Å². The minimum absolute atomic E-state index is 0.115. The quantitative estimate of drug-likeness (QED) is 0.446. The molecule has 26 heavy (non-hydrogen) atoms. The van der Waals surface area contributed by atoms with Crippen molar-refractivity contribution in [3.05, 3.63) is 69.3 Å². The normalized spacial score (nSPS) is 10.7. The third-order valence-corrected chi connectivity index (χ3v) is 3.56. The second-order valence-electron chi connectivity index (χ2n) is 6.03. The predicted molar refractivity (Wildman–Crippen MR) is 102 cm³/mol. The summed E-state index contributed by atoms with van der Waals surface area (Å²) in [4.78, 5) is 22.8. The van der Waals surface area contributed by atoms with Gasteiger partial charge in [-0.05, 0) is 61.2 Å². The van der Waals surface area contributed by atoms with E-state index in [4.69, 9.17) is 4.74 Å². The summed E-state index contributed by atoms with van der Waals surface area (Å²) in [7, 11) is 0. The van der Waals surface area contributed by atoms with Crippen LogP contribution in [0.5, 0.6) is 5.75 Å². The molecule has 6 heteroatoms. The van der Waals surface area contributed by atoms with Gasteiger partial charge in [-0.2, -0.15) is 0 Å². The van der Waals surface area contributed by atoms with Crippen molar-refractivity contribution in [2.24, 2.45) is 0 Å². The molecule has 0 atom stereocenters. The molecular weight excluding hydrogens is 332 g/mol. The van der Waals surface area contributed by atoms with Crippen LogP contribution >= 0.6 is 0 Å². The summed E-state index contributed by atoms with van der Waals surface area (Å²) < 4.78 is 5.38. The average molecular weight is 354 g/mol. The van der Waals surface area contributed by atoms with E-state index in [0.717, 1.165) is 17.5 Å². The molecule has 0 aliphatic carbocycles. The third kappa shape index (κ3) is 5.44. The number of nitrogens with one attached hydrogen (secondary N) is 1. The summed E-state index contributed by atoms with van der Waals surface area (Å²) in [6.45, 7) is 6.26. The lowest BCUT2D eigenvalue weighted by atomic mass is 10.1. The molecule has 0 saturated heterocycles. The van der Waals surface area contributed by atoms with Gasteiger partial charge in [-0.15, -0.1) is 0 Å². The first kappa shape index (κ1) is 19.2. The fraction of sp³-hybridized carbons (Fsp3) is 0.250. The third-order valence-electron chi connectivity index (χ3n) is 3.56. The van der Waals surface area contributed by atoms with Gasteiger partial charge in [0.2, 0.25) is 5.91 Å². The first-order valence-electron chi connectivity index (χ1n) is 8.37. The number of hydrogen-bond acceptors (Lipinski definition) is 4. The smallest absolute Gasteiger partial charge is 0.311 e. The Bertz CT molecular complexity index is 823. The van der Waals surface area contributed by atoms with Crippen LogP contribution in [0.2, 0.25) is 0 Å². The van der Waals surface area contributed by atoms with Crippen LogP contribution < -0.4 is 10.1 Å². The van der Waals surface area contributed by atoms with E-state index in [1.807, 2.05) is 39.0 Å². The van der Waals surface area contributed by atoms with Crippen LogP contribution in [0.3, 0.4) is 0 Å². The van der Waals surface area contributed by atoms with Crippen LogP contribution in [-0.4, -0.2) is 17.4 Å². The number of rotatable bonds is 7. The molecule has 0 spiro atoms. The van der Waals surface area contributed by atoms with E-state index in [2.05, 4.69) is 5.32 Å². The Morgan fingerprint density at radius 2 is 1.88 bits per heavy atom. The molecule has 0 aliphatic rings. The number of benzene rings is 2. The summed E-state index contributed by atoms with van der Waals surface area (Å²) in [5.41, 5.74) is 3.27. The van der Waals surface area contributed by atoms with E-state index in [1.165, 1.54) is 18.2 Å². The highest BCUT2D eigenvalue weighted by Gasteiger charge is 2.15. The number of nitro groups is 1. The van der Waals surface area contributed by atoms with Crippen LogP contribution in [0.1, 0.15) is 30.0 Å². The number of aryl methyl sites for hydroxylation is 2. The fourth-order valence-electron chi connectivity index (χ4n) is 2.52. The lowest BCUT2D eigenvalue weighted by molar-refractivity contribution is -0.385. The molecule has 1 amide bonds. The van der Waals surface area contributed by atoms with Crippen molar-refractivity contribution < 1.29 is 14.5 Å². The molecule has 0 radical (unpaired) electrons. The summed E-state index contributed by atoms with van der Waals surface area (Å²) in [6.07, 6.45) is 3.65. The molecule has 0 heterocycles. The van der Waals surface area contributed by atoms with Crippen molar-refractivity contribution in [3.8, 4) is 5.75 Å². The molecule has 2 aromatic carbocycles. The summed E-state index contributed by atoms with van der Waals surface area (Å²) >= 11 is 0. The molecular formula is C20H22N2O4. The lowest BCUT2D eigenvalue weighted by Gasteiger charge is -2.06. The molecule has 6 nitrogen and oxygen atoms in total. The highest BCUT2D eigenvalue weighted by molar-refractivity contribution is 6.02. The highest BCUT2D eigenvalue weighted by atomic mass is 16.6. The van der Waals surface area contributed by atoms with Crippen LogP contribution in [0.4, 0.5) is 11.4 Å². The van der Waals surface area contributed by atoms with Gasteiger partial charge in [-0.1, -0.05) is 19.1 Å². The molecule has 0 bridgehead atoms. The fourth-order valence-corrected chi connectivity index (χ4v) is 2.52. The number of carbonyl (C=O) groups is 1. The Balaban J connectivity index is 2.12. The minimum Gasteiger partial charge on any atom is -0.487 e. The van der Waals surface area contributed by atoms with Gasteiger partial charge in [0, 0.05) is 17.8 Å². The van der Waals surface area contributed by atoms with E-state index in [-0.39, 0.29) is 17.3 Å². The lowest BCUT2D eigenvalue weighted by Crippen LogP contribution is -2.08. The van der Waals surface area contributed by atoms with Crippen LogP contribution in [0, 0.1) is 24.0 Å². The molecule has 2 rings (SSSR count). The van der Waals surface area contributed by atoms with Gasteiger partial charge in [0.05, 0.1) is 11.5 Å². The van der Waals surface area contributed by atoms with Crippen LogP contribution in [0.15, 0.2) is 42.5 Å². The average Bonchev–Trinajstić information content (AvgIpc) is 2.57. The zero-order chi connectivity index (χ0) is 19.1. The summed E-state index contributed by atoms with van der Waals surface area (Å²) in [6, 6.07) is 10.4. The Kier molecular flexibility index (Phi) is 6.49.